The van der Waals surface area contributed by atoms with Gasteiger partial charge in [0.1, 0.15) is 0 Å². The van der Waals surface area contributed by atoms with E-state index in [4.69, 9.17) is 5.26 Å². The summed E-state index contributed by atoms with van der Waals surface area (Å²) in [5.41, 5.74) is 1.96. The van der Waals surface area contributed by atoms with E-state index in [9.17, 15) is 0 Å². The van der Waals surface area contributed by atoms with E-state index in [-0.39, 0.29) is 0 Å². The number of benzene rings is 1. The molecule has 3 heteroatoms. The van der Waals surface area contributed by atoms with Gasteiger partial charge in [0.05, 0.1) is 11.6 Å². The molecule has 0 bridgehead atoms. The van der Waals surface area contributed by atoms with Gasteiger partial charge in [-0.15, -0.1) is 0 Å². The standard InChI is InChI=1S/C14H19N3/c1-2-16-13-4-3-9-17(11-13)14-7-5-12(10-15)6-8-14/h5-8,13,16H,2-4,9,11H2,1H3. The predicted octanol–water partition coefficient (Wildman–Crippen LogP) is 2.14. The highest BCUT2D eigenvalue weighted by Crippen LogP contribution is 2.20. The van der Waals surface area contributed by atoms with Gasteiger partial charge in [-0.05, 0) is 43.7 Å². The van der Waals surface area contributed by atoms with Crippen molar-refractivity contribution in [3.63, 3.8) is 0 Å². The van der Waals surface area contributed by atoms with Gasteiger partial charge < -0.3 is 10.2 Å². The third kappa shape index (κ3) is 2.98. The van der Waals surface area contributed by atoms with E-state index in [2.05, 4.69) is 23.2 Å². The number of anilines is 1. The zero-order valence-corrected chi connectivity index (χ0v) is 10.3. The lowest BCUT2D eigenvalue weighted by molar-refractivity contribution is 0.431. The average molecular weight is 229 g/mol. The molecule has 0 spiro atoms. The molecule has 1 heterocycles. The topological polar surface area (TPSA) is 39.1 Å². The summed E-state index contributed by atoms with van der Waals surface area (Å²) in [5.74, 6) is 0. The first kappa shape index (κ1) is 11.9. The van der Waals surface area contributed by atoms with E-state index in [0.717, 1.165) is 25.2 Å². The second-order valence-corrected chi connectivity index (χ2v) is 4.50. The molecule has 90 valence electrons. The van der Waals surface area contributed by atoms with E-state index < -0.39 is 0 Å². The van der Waals surface area contributed by atoms with Gasteiger partial charge in [-0.2, -0.15) is 5.26 Å². The Morgan fingerprint density at radius 3 is 2.82 bits per heavy atom. The van der Waals surface area contributed by atoms with E-state index in [0.29, 0.717) is 6.04 Å². The van der Waals surface area contributed by atoms with Gasteiger partial charge in [0.15, 0.2) is 0 Å². The molecule has 1 aliphatic rings. The summed E-state index contributed by atoms with van der Waals surface area (Å²) in [6.45, 7) is 5.38. The number of hydrogen-bond acceptors (Lipinski definition) is 3. The number of hydrogen-bond donors (Lipinski definition) is 1. The van der Waals surface area contributed by atoms with Crippen LogP contribution in [0, 0.1) is 11.3 Å². The monoisotopic (exact) mass is 229 g/mol. The summed E-state index contributed by atoms with van der Waals surface area (Å²) < 4.78 is 0. The number of nitrogens with one attached hydrogen (secondary N) is 1. The number of nitriles is 1. The minimum Gasteiger partial charge on any atom is -0.370 e. The van der Waals surface area contributed by atoms with Gasteiger partial charge in [0.25, 0.3) is 0 Å². The van der Waals surface area contributed by atoms with E-state index in [1.54, 1.807) is 0 Å². The van der Waals surface area contributed by atoms with Crippen LogP contribution < -0.4 is 10.2 Å². The molecule has 1 saturated heterocycles. The Labute approximate surface area is 103 Å². The third-order valence-electron chi connectivity index (χ3n) is 3.28. The van der Waals surface area contributed by atoms with Crippen molar-refractivity contribution in [3.8, 4) is 6.07 Å². The molecule has 1 aromatic rings. The van der Waals surface area contributed by atoms with Crippen LogP contribution in [0.5, 0.6) is 0 Å². The normalized spacial score (nSPS) is 20.0. The van der Waals surface area contributed by atoms with Crippen LogP contribution in [0.3, 0.4) is 0 Å². The molecule has 0 aromatic heterocycles. The maximum absolute atomic E-state index is 8.78. The quantitative estimate of drug-likeness (QED) is 0.863. The molecule has 0 aliphatic carbocycles. The molecule has 1 N–H and O–H groups in total. The highest BCUT2D eigenvalue weighted by molar-refractivity contribution is 5.50. The SMILES string of the molecule is CCNC1CCCN(c2ccc(C#N)cc2)C1. The van der Waals surface area contributed by atoms with Crippen LogP contribution in [-0.2, 0) is 0 Å². The third-order valence-corrected chi connectivity index (χ3v) is 3.28. The van der Waals surface area contributed by atoms with Crippen molar-refractivity contribution in [2.24, 2.45) is 0 Å². The molecule has 1 unspecified atom stereocenters. The lowest BCUT2D eigenvalue weighted by Gasteiger charge is -2.34. The summed E-state index contributed by atoms with van der Waals surface area (Å²) in [6, 6.07) is 10.6. The smallest absolute Gasteiger partial charge is 0.0991 e. The van der Waals surface area contributed by atoms with E-state index in [1.165, 1.54) is 18.5 Å². The van der Waals surface area contributed by atoms with Gasteiger partial charge in [-0.3, -0.25) is 0 Å². The van der Waals surface area contributed by atoms with Crippen LogP contribution >= 0.6 is 0 Å². The predicted molar refractivity (Wildman–Crippen MR) is 70.1 cm³/mol. The van der Waals surface area contributed by atoms with Crippen molar-refractivity contribution in [3.05, 3.63) is 29.8 Å². The van der Waals surface area contributed by atoms with Crippen molar-refractivity contribution in [2.75, 3.05) is 24.5 Å². The maximum atomic E-state index is 8.78. The van der Waals surface area contributed by atoms with Crippen LogP contribution in [0.4, 0.5) is 5.69 Å². The molecule has 1 aromatic carbocycles. The molecule has 2 rings (SSSR count). The molecular weight excluding hydrogens is 210 g/mol. The van der Waals surface area contributed by atoms with Crippen molar-refractivity contribution < 1.29 is 0 Å². The van der Waals surface area contributed by atoms with Crippen LogP contribution in [0.2, 0.25) is 0 Å². The van der Waals surface area contributed by atoms with Crippen molar-refractivity contribution in [1.29, 1.82) is 5.26 Å². The molecule has 1 atom stereocenters. The highest BCUT2D eigenvalue weighted by Gasteiger charge is 2.18. The summed E-state index contributed by atoms with van der Waals surface area (Å²) in [5, 5.41) is 12.3. The Balaban J connectivity index is 2.03. The Morgan fingerprint density at radius 2 is 2.18 bits per heavy atom. The van der Waals surface area contributed by atoms with Crippen molar-refractivity contribution >= 4 is 5.69 Å². The van der Waals surface area contributed by atoms with Gasteiger partial charge in [-0.1, -0.05) is 6.92 Å². The molecule has 1 aliphatic heterocycles. The zero-order valence-electron chi connectivity index (χ0n) is 10.3. The summed E-state index contributed by atoms with van der Waals surface area (Å²) >= 11 is 0. The average Bonchev–Trinajstić information content (AvgIpc) is 2.40. The zero-order chi connectivity index (χ0) is 12.1. The maximum Gasteiger partial charge on any atom is 0.0991 e. The molecule has 0 saturated carbocycles. The first-order valence-electron chi connectivity index (χ1n) is 6.32. The molecule has 3 nitrogen and oxygen atoms in total. The Morgan fingerprint density at radius 1 is 1.41 bits per heavy atom. The fourth-order valence-corrected chi connectivity index (χ4v) is 2.41. The van der Waals surface area contributed by atoms with Gasteiger partial charge in [-0.25, -0.2) is 0 Å². The fourth-order valence-electron chi connectivity index (χ4n) is 2.41. The Hall–Kier alpha value is -1.53. The summed E-state index contributed by atoms with van der Waals surface area (Å²) in [7, 11) is 0. The fraction of sp³-hybridized carbons (Fsp3) is 0.500. The first-order valence-corrected chi connectivity index (χ1v) is 6.32. The number of piperidine rings is 1. The minimum atomic E-state index is 0.601. The second-order valence-electron chi connectivity index (χ2n) is 4.50. The number of likely N-dealkylation sites (N-methyl/N-ethyl adjacent to an activating group) is 1. The van der Waals surface area contributed by atoms with Gasteiger partial charge in [0.2, 0.25) is 0 Å². The summed E-state index contributed by atoms with van der Waals surface area (Å²) in [6.07, 6.45) is 2.50. The van der Waals surface area contributed by atoms with E-state index >= 15 is 0 Å². The Bertz CT molecular complexity index is 389. The Kier molecular flexibility index (Phi) is 4.00. The molecular formula is C14H19N3. The first-order chi connectivity index (χ1) is 8.33. The number of nitrogens with zero attached hydrogens (tertiary/aromatic N) is 2. The van der Waals surface area contributed by atoms with Crippen molar-refractivity contribution in [2.45, 2.75) is 25.8 Å². The van der Waals surface area contributed by atoms with Crippen LogP contribution in [0.1, 0.15) is 25.3 Å². The summed E-state index contributed by atoms with van der Waals surface area (Å²) in [4.78, 5) is 2.40. The molecule has 0 amide bonds. The molecule has 17 heavy (non-hydrogen) atoms. The molecule has 0 radical (unpaired) electrons. The van der Waals surface area contributed by atoms with Gasteiger partial charge in [0, 0.05) is 24.8 Å². The second kappa shape index (κ2) is 5.70. The van der Waals surface area contributed by atoms with Crippen molar-refractivity contribution in [1.82, 2.24) is 5.32 Å². The van der Waals surface area contributed by atoms with Crippen LogP contribution in [-0.4, -0.2) is 25.7 Å². The van der Waals surface area contributed by atoms with Crippen LogP contribution in [0.25, 0.3) is 0 Å². The lowest BCUT2D eigenvalue weighted by atomic mass is 10.0. The highest BCUT2D eigenvalue weighted by atomic mass is 15.2. The van der Waals surface area contributed by atoms with E-state index in [1.807, 2.05) is 24.3 Å². The number of rotatable bonds is 3. The van der Waals surface area contributed by atoms with Gasteiger partial charge >= 0.3 is 0 Å². The molecule has 1 fully saturated rings. The largest absolute Gasteiger partial charge is 0.370 e. The lowest BCUT2D eigenvalue weighted by Crippen LogP contribution is -2.45. The van der Waals surface area contributed by atoms with Crippen LogP contribution in [0.15, 0.2) is 24.3 Å². The minimum absolute atomic E-state index is 0.601.